The molecule has 0 aliphatic heterocycles. The zero-order valence-corrected chi connectivity index (χ0v) is 14.2. The molecule has 1 heterocycles. The molecule has 1 amide bonds. The Morgan fingerprint density at radius 1 is 1.11 bits per heavy atom. The van der Waals surface area contributed by atoms with E-state index in [1.54, 1.807) is 30.3 Å². The van der Waals surface area contributed by atoms with E-state index in [9.17, 15) is 22.8 Å². The van der Waals surface area contributed by atoms with Gasteiger partial charge in [-0.25, -0.2) is 4.98 Å². The molecule has 0 bridgehead atoms. The number of carbonyl (C=O) groups is 1. The van der Waals surface area contributed by atoms with Crippen LogP contribution in [-0.4, -0.2) is 15.9 Å². The van der Waals surface area contributed by atoms with Crippen LogP contribution in [0.5, 0.6) is 0 Å². The maximum absolute atomic E-state index is 12.8. The fraction of sp³-hybridized carbons (Fsp3) is 0.0556. The maximum Gasteiger partial charge on any atom is 0.416 e. The van der Waals surface area contributed by atoms with Crippen LogP contribution in [0, 0.1) is 0 Å². The van der Waals surface area contributed by atoms with Crippen LogP contribution in [0.1, 0.15) is 15.9 Å². The average Bonchev–Trinajstić information content (AvgIpc) is 2.63. The van der Waals surface area contributed by atoms with Gasteiger partial charge in [-0.2, -0.15) is 13.2 Å². The molecule has 0 spiro atoms. The number of aromatic amines is 1. The third-order valence-electron chi connectivity index (χ3n) is 3.63. The van der Waals surface area contributed by atoms with Gasteiger partial charge in [-0.05, 0) is 18.2 Å². The second-order valence-electron chi connectivity index (χ2n) is 5.49. The minimum Gasteiger partial charge on any atom is -0.320 e. The molecule has 27 heavy (non-hydrogen) atoms. The zero-order valence-electron chi connectivity index (χ0n) is 13.5. The Labute approximate surface area is 155 Å². The van der Waals surface area contributed by atoms with Crippen LogP contribution in [-0.2, 0) is 6.18 Å². The molecule has 0 radical (unpaired) electrons. The van der Waals surface area contributed by atoms with Gasteiger partial charge in [-0.1, -0.05) is 41.9 Å². The van der Waals surface area contributed by atoms with Gasteiger partial charge in [0.05, 0.1) is 16.3 Å². The van der Waals surface area contributed by atoms with Gasteiger partial charge in [0.25, 0.3) is 11.5 Å². The summed E-state index contributed by atoms with van der Waals surface area (Å²) in [5, 5.41) is 2.11. The second kappa shape index (κ2) is 7.24. The number of amides is 1. The average molecular weight is 394 g/mol. The van der Waals surface area contributed by atoms with Gasteiger partial charge in [-0.3, -0.25) is 9.59 Å². The molecule has 1 aromatic heterocycles. The Hall–Kier alpha value is -3.13. The van der Waals surface area contributed by atoms with E-state index < -0.39 is 23.2 Å². The number of H-pyrrole nitrogens is 1. The van der Waals surface area contributed by atoms with E-state index in [0.717, 1.165) is 18.3 Å². The molecule has 9 heteroatoms. The maximum atomic E-state index is 12.8. The summed E-state index contributed by atoms with van der Waals surface area (Å²) < 4.78 is 38.4. The fourth-order valence-electron chi connectivity index (χ4n) is 2.29. The third-order valence-corrected chi connectivity index (χ3v) is 3.96. The van der Waals surface area contributed by atoms with E-state index >= 15 is 0 Å². The Balaban J connectivity index is 1.88. The second-order valence-corrected chi connectivity index (χ2v) is 5.89. The number of hydrogen-bond donors (Lipinski definition) is 2. The van der Waals surface area contributed by atoms with Crippen molar-refractivity contribution in [3.8, 4) is 11.4 Å². The highest BCUT2D eigenvalue weighted by Gasteiger charge is 2.31. The quantitative estimate of drug-likeness (QED) is 0.694. The summed E-state index contributed by atoms with van der Waals surface area (Å²) in [7, 11) is 0. The fourth-order valence-corrected chi connectivity index (χ4v) is 2.45. The highest BCUT2D eigenvalue weighted by molar-refractivity contribution is 6.34. The number of aromatic nitrogens is 2. The van der Waals surface area contributed by atoms with Gasteiger partial charge in [0.1, 0.15) is 11.4 Å². The molecule has 138 valence electrons. The molecule has 3 rings (SSSR count). The number of benzene rings is 2. The first-order valence-corrected chi connectivity index (χ1v) is 7.96. The lowest BCUT2D eigenvalue weighted by Gasteiger charge is -2.11. The normalized spacial score (nSPS) is 11.3. The van der Waals surface area contributed by atoms with Gasteiger partial charge in [0.2, 0.25) is 0 Å². The summed E-state index contributed by atoms with van der Waals surface area (Å²) in [6.07, 6.45) is -3.54. The van der Waals surface area contributed by atoms with Gasteiger partial charge >= 0.3 is 6.18 Å². The molecule has 0 fully saturated rings. The Kier molecular flexibility index (Phi) is 5.00. The number of nitrogens with one attached hydrogen (secondary N) is 2. The minimum absolute atomic E-state index is 0.0957. The first-order chi connectivity index (χ1) is 12.8. The van der Waals surface area contributed by atoms with E-state index in [1.807, 2.05) is 0 Å². The zero-order chi connectivity index (χ0) is 19.6. The lowest BCUT2D eigenvalue weighted by atomic mass is 10.2. The van der Waals surface area contributed by atoms with Gasteiger partial charge in [0, 0.05) is 11.8 Å². The molecule has 2 aromatic carbocycles. The van der Waals surface area contributed by atoms with E-state index in [4.69, 9.17) is 11.6 Å². The third kappa shape index (κ3) is 4.17. The number of nitrogens with zero attached hydrogens (tertiary/aromatic N) is 1. The van der Waals surface area contributed by atoms with E-state index in [0.29, 0.717) is 11.6 Å². The summed E-state index contributed by atoms with van der Waals surface area (Å²) in [4.78, 5) is 31.0. The smallest absolute Gasteiger partial charge is 0.320 e. The van der Waals surface area contributed by atoms with Crippen LogP contribution in [0.3, 0.4) is 0 Å². The minimum atomic E-state index is -4.60. The van der Waals surface area contributed by atoms with Crippen LogP contribution >= 0.6 is 11.6 Å². The number of hydrogen-bond acceptors (Lipinski definition) is 3. The van der Waals surface area contributed by atoms with Crippen molar-refractivity contribution < 1.29 is 18.0 Å². The van der Waals surface area contributed by atoms with E-state index in [-0.39, 0.29) is 22.1 Å². The van der Waals surface area contributed by atoms with Crippen LogP contribution in [0.2, 0.25) is 5.02 Å². The summed E-state index contributed by atoms with van der Waals surface area (Å²) in [5.41, 5.74) is -1.69. The Morgan fingerprint density at radius 2 is 1.81 bits per heavy atom. The molecule has 3 aromatic rings. The highest BCUT2D eigenvalue weighted by atomic mass is 35.5. The first kappa shape index (κ1) is 18.7. The number of alkyl halides is 3. The van der Waals surface area contributed by atoms with Crippen molar-refractivity contribution in [3.63, 3.8) is 0 Å². The SMILES string of the molecule is O=C(Nc1cc(C(F)(F)F)ccc1Cl)c1cnc(-c2ccccc2)[nH]c1=O. The summed E-state index contributed by atoms with van der Waals surface area (Å²) >= 11 is 5.84. The van der Waals surface area contributed by atoms with Crippen molar-refractivity contribution in [1.29, 1.82) is 0 Å². The topological polar surface area (TPSA) is 74.8 Å². The highest BCUT2D eigenvalue weighted by Crippen LogP contribution is 2.33. The standard InChI is InChI=1S/C18H11ClF3N3O2/c19-13-7-6-11(18(20,21)22)8-14(13)24-16(26)12-9-23-15(25-17(12)27)10-4-2-1-3-5-10/h1-9H,(H,24,26)(H,23,25,27). The molecular formula is C18H11ClF3N3O2. The molecular weight excluding hydrogens is 383 g/mol. The van der Waals surface area contributed by atoms with Gasteiger partial charge < -0.3 is 10.3 Å². The summed E-state index contributed by atoms with van der Waals surface area (Å²) in [6, 6.07) is 11.3. The molecule has 0 atom stereocenters. The molecule has 5 nitrogen and oxygen atoms in total. The van der Waals surface area contributed by atoms with Crippen molar-refractivity contribution in [2.24, 2.45) is 0 Å². The molecule has 0 saturated heterocycles. The summed E-state index contributed by atoms with van der Waals surface area (Å²) in [5.74, 6) is -0.668. The summed E-state index contributed by atoms with van der Waals surface area (Å²) in [6.45, 7) is 0. The lowest BCUT2D eigenvalue weighted by molar-refractivity contribution is -0.137. The van der Waals surface area contributed by atoms with E-state index in [1.165, 1.54) is 0 Å². The van der Waals surface area contributed by atoms with Crippen molar-refractivity contribution in [2.45, 2.75) is 6.18 Å². The van der Waals surface area contributed by atoms with Gasteiger partial charge in [-0.15, -0.1) is 0 Å². The number of rotatable bonds is 3. The first-order valence-electron chi connectivity index (χ1n) is 7.58. The number of anilines is 1. The van der Waals surface area contributed by atoms with Crippen molar-refractivity contribution in [1.82, 2.24) is 9.97 Å². The monoisotopic (exact) mass is 393 g/mol. The van der Waals surface area contributed by atoms with Crippen LogP contribution < -0.4 is 10.9 Å². The molecule has 0 aliphatic carbocycles. The van der Waals surface area contributed by atoms with Crippen molar-refractivity contribution in [2.75, 3.05) is 5.32 Å². The predicted molar refractivity (Wildman–Crippen MR) is 94.7 cm³/mol. The largest absolute Gasteiger partial charge is 0.416 e. The van der Waals surface area contributed by atoms with E-state index in [2.05, 4.69) is 15.3 Å². The molecule has 0 unspecified atom stereocenters. The van der Waals surface area contributed by atoms with Crippen LogP contribution in [0.25, 0.3) is 11.4 Å². The Bertz CT molecular complexity index is 1050. The molecule has 2 N–H and O–H groups in total. The molecule has 0 aliphatic rings. The Morgan fingerprint density at radius 3 is 2.44 bits per heavy atom. The predicted octanol–water partition coefficient (Wildman–Crippen LogP) is 4.36. The molecule has 0 saturated carbocycles. The number of carbonyl (C=O) groups excluding carboxylic acids is 1. The number of halogens is 4. The van der Waals surface area contributed by atoms with Crippen molar-refractivity contribution >= 4 is 23.2 Å². The van der Waals surface area contributed by atoms with Crippen molar-refractivity contribution in [3.05, 3.63) is 81.2 Å². The lowest BCUT2D eigenvalue weighted by Crippen LogP contribution is -2.24. The van der Waals surface area contributed by atoms with Crippen LogP contribution in [0.4, 0.5) is 18.9 Å². The van der Waals surface area contributed by atoms with Crippen LogP contribution in [0.15, 0.2) is 59.5 Å². The van der Waals surface area contributed by atoms with Gasteiger partial charge in [0.15, 0.2) is 0 Å².